The number of nitrogens with one attached hydrogen (secondary N) is 2. The molecule has 1 aliphatic rings. The number of rotatable bonds is 6. The number of hydrogen-bond acceptors (Lipinski definition) is 6. The largest absolute Gasteiger partial charge is 0.366 e. The number of carbonyl (C=O) groups excluding carboxylic acids is 1. The van der Waals surface area contributed by atoms with Crippen molar-refractivity contribution in [3.63, 3.8) is 0 Å². The number of hydrogen-bond donors (Lipinski definition) is 2. The molecule has 4 rings (SSSR count). The normalized spacial score (nSPS) is 14.6. The van der Waals surface area contributed by atoms with E-state index in [0.29, 0.717) is 11.5 Å². The van der Waals surface area contributed by atoms with Gasteiger partial charge in [0, 0.05) is 24.7 Å². The Morgan fingerprint density at radius 2 is 1.93 bits per heavy atom. The lowest BCUT2D eigenvalue weighted by Crippen LogP contribution is -2.30. The van der Waals surface area contributed by atoms with Gasteiger partial charge in [0.05, 0.1) is 4.92 Å². The Labute approximate surface area is 166 Å². The molecule has 1 fully saturated rings. The van der Waals surface area contributed by atoms with Crippen LogP contribution in [0.5, 0.6) is 0 Å². The Bertz CT molecular complexity index is 1000. The van der Waals surface area contributed by atoms with Crippen LogP contribution in [-0.2, 0) is 0 Å². The molecule has 1 unspecified atom stereocenters. The summed E-state index contributed by atoms with van der Waals surface area (Å²) >= 11 is 0. The van der Waals surface area contributed by atoms with Gasteiger partial charge in [-0.3, -0.25) is 20.0 Å². The van der Waals surface area contributed by atoms with Gasteiger partial charge < -0.3 is 10.2 Å². The second-order valence-corrected chi connectivity index (χ2v) is 6.84. The van der Waals surface area contributed by atoms with Gasteiger partial charge in [0.2, 0.25) is 0 Å². The third-order valence-corrected chi connectivity index (χ3v) is 5.00. The zero-order chi connectivity index (χ0) is 20.2. The second kappa shape index (κ2) is 8.09. The Balaban J connectivity index is 1.63. The van der Waals surface area contributed by atoms with Crippen molar-refractivity contribution in [1.82, 2.24) is 20.5 Å². The highest BCUT2D eigenvalue weighted by Crippen LogP contribution is 2.32. The van der Waals surface area contributed by atoms with Crippen molar-refractivity contribution in [1.29, 1.82) is 0 Å². The first-order valence-corrected chi connectivity index (χ1v) is 9.38. The minimum absolute atomic E-state index is 0.0597. The van der Waals surface area contributed by atoms with Gasteiger partial charge >= 0.3 is 0 Å². The first kappa shape index (κ1) is 18.6. The number of nitro groups is 1. The first-order valence-electron chi connectivity index (χ1n) is 9.38. The number of aromatic nitrogens is 3. The van der Waals surface area contributed by atoms with E-state index in [1.807, 2.05) is 35.2 Å². The maximum atomic E-state index is 12.9. The quantitative estimate of drug-likeness (QED) is 0.492. The van der Waals surface area contributed by atoms with Crippen LogP contribution >= 0.6 is 0 Å². The van der Waals surface area contributed by atoms with Gasteiger partial charge in [0.25, 0.3) is 11.6 Å². The summed E-state index contributed by atoms with van der Waals surface area (Å²) in [5, 5.41) is 21.1. The van der Waals surface area contributed by atoms with Gasteiger partial charge in [0.1, 0.15) is 18.1 Å². The third kappa shape index (κ3) is 3.93. The van der Waals surface area contributed by atoms with Crippen molar-refractivity contribution in [2.45, 2.75) is 18.9 Å². The van der Waals surface area contributed by atoms with Gasteiger partial charge in [-0.05, 0) is 30.5 Å². The maximum Gasteiger partial charge on any atom is 0.293 e. The molecule has 0 radical (unpaired) electrons. The van der Waals surface area contributed by atoms with E-state index in [1.165, 1.54) is 12.4 Å². The average molecular weight is 392 g/mol. The molecule has 148 valence electrons. The van der Waals surface area contributed by atoms with Crippen molar-refractivity contribution in [3.05, 3.63) is 81.9 Å². The Kier molecular flexibility index (Phi) is 5.19. The monoisotopic (exact) mass is 392 g/mol. The van der Waals surface area contributed by atoms with E-state index < -0.39 is 16.9 Å². The molecule has 1 aliphatic heterocycles. The van der Waals surface area contributed by atoms with Gasteiger partial charge in [-0.25, -0.2) is 4.98 Å². The fourth-order valence-electron chi connectivity index (χ4n) is 3.56. The summed E-state index contributed by atoms with van der Waals surface area (Å²) in [5.41, 5.74) is 1.54. The lowest BCUT2D eigenvalue weighted by atomic mass is 10.1. The van der Waals surface area contributed by atoms with Gasteiger partial charge in [-0.1, -0.05) is 30.3 Å². The van der Waals surface area contributed by atoms with E-state index in [9.17, 15) is 14.9 Å². The Morgan fingerprint density at radius 1 is 1.17 bits per heavy atom. The zero-order valence-electron chi connectivity index (χ0n) is 15.6. The number of aromatic amines is 1. The maximum absolute atomic E-state index is 12.9. The van der Waals surface area contributed by atoms with E-state index in [1.54, 1.807) is 12.1 Å². The van der Waals surface area contributed by atoms with Gasteiger partial charge in [0.15, 0.2) is 5.82 Å². The van der Waals surface area contributed by atoms with Crippen LogP contribution in [0.25, 0.3) is 0 Å². The molecule has 1 aromatic heterocycles. The van der Waals surface area contributed by atoms with E-state index in [4.69, 9.17) is 0 Å². The van der Waals surface area contributed by atoms with Crippen LogP contribution in [0.3, 0.4) is 0 Å². The molecule has 9 nitrogen and oxygen atoms in total. The molecule has 2 aromatic carbocycles. The first-order chi connectivity index (χ1) is 14.1. The summed E-state index contributed by atoms with van der Waals surface area (Å²) < 4.78 is 0. The summed E-state index contributed by atoms with van der Waals surface area (Å²) in [7, 11) is 0. The van der Waals surface area contributed by atoms with Crippen LogP contribution in [0.1, 0.15) is 40.6 Å². The zero-order valence-corrected chi connectivity index (χ0v) is 15.6. The summed E-state index contributed by atoms with van der Waals surface area (Å²) in [4.78, 5) is 30.2. The molecule has 3 aromatic rings. The summed E-state index contributed by atoms with van der Waals surface area (Å²) in [6.45, 7) is 1.57. The number of nitro benzene ring substituents is 1. The number of benzene rings is 2. The van der Waals surface area contributed by atoms with Crippen molar-refractivity contribution in [3.8, 4) is 0 Å². The topological polar surface area (TPSA) is 117 Å². The molecule has 1 amide bonds. The van der Waals surface area contributed by atoms with Gasteiger partial charge in [-0.2, -0.15) is 5.10 Å². The van der Waals surface area contributed by atoms with E-state index >= 15 is 0 Å². The van der Waals surface area contributed by atoms with Crippen molar-refractivity contribution >= 4 is 17.3 Å². The Morgan fingerprint density at radius 3 is 2.59 bits per heavy atom. The number of anilines is 1. The number of carbonyl (C=O) groups is 1. The SMILES string of the molecule is O=C(NC(c1ccccc1)c1ncn[nH]1)c1ccc(N2CCCC2)c([N+](=O)[O-])c1. The van der Waals surface area contributed by atoms with E-state index in [0.717, 1.165) is 31.5 Å². The number of amides is 1. The van der Waals surface area contributed by atoms with Crippen LogP contribution in [0.4, 0.5) is 11.4 Å². The number of nitrogens with zero attached hydrogens (tertiary/aromatic N) is 4. The molecular formula is C20H20N6O3. The molecule has 2 heterocycles. The molecule has 29 heavy (non-hydrogen) atoms. The second-order valence-electron chi connectivity index (χ2n) is 6.84. The molecule has 0 bridgehead atoms. The van der Waals surface area contributed by atoms with Crippen LogP contribution in [0.15, 0.2) is 54.9 Å². The third-order valence-electron chi connectivity index (χ3n) is 5.00. The Hall–Kier alpha value is -3.75. The molecule has 2 N–H and O–H groups in total. The minimum Gasteiger partial charge on any atom is -0.366 e. The summed E-state index contributed by atoms with van der Waals surface area (Å²) in [5.74, 6) is 0.0547. The van der Waals surface area contributed by atoms with E-state index in [2.05, 4.69) is 20.5 Å². The van der Waals surface area contributed by atoms with Gasteiger partial charge in [-0.15, -0.1) is 0 Å². The lowest BCUT2D eigenvalue weighted by molar-refractivity contribution is -0.384. The molecule has 1 atom stereocenters. The summed E-state index contributed by atoms with van der Waals surface area (Å²) in [6, 6.07) is 13.4. The molecular weight excluding hydrogens is 372 g/mol. The lowest BCUT2D eigenvalue weighted by Gasteiger charge is -2.19. The predicted octanol–water partition coefficient (Wildman–Crippen LogP) is 2.83. The average Bonchev–Trinajstić information content (AvgIpc) is 3.46. The minimum atomic E-state index is -0.552. The van der Waals surface area contributed by atoms with Crippen LogP contribution in [-0.4, -0.2) is 39.1 Å². The number of H-pyrrole nitrogens is 1. The molecule has 0 saturated carbocycles. The standard InChI is InChI=1S/C20H20N6O3/c27-20(23-18(19-21-13-22-24-19)14-6-2-1-3-7-14)15-8-9-16(17(12-15)26(28)29)25-10-4-5-11-25/h1-3,6-9,12-13,18H,4-5,10-11H2,(H,23,27)(H,21,22,24). The molecule has 0 spiro atoms. The summed E-state index contributed by atoms with van der Waals surface area (Å²) in [6.07, 6.45) is 3.39. The van der Waals surface area contributed by atoms with Crippen molar-refractivity contribution in [2.75, 3.05) is 18.0 Å². The highest BCUT2D eigenvalue weighted by Gasteiger charge is 2.25. The van der Waals surface area contributed by atoms with Crippen LogP contribution < -0.4 is 10.2 Å². The fraction of sp³-hybridized carbons (Fsp3) is 0.250. The van der Waals surface area contributed by atoms with Crippen LogP contribution in [0.2, 0.25) is 0 Å². The molecule has 1 saturated heterocycles. The smallest absolute Gasteiger partial charge is 0.293 e. The highest BCUT2D eigenvalue weighted by atomic mass is 16.6. The molecule has 0 aliphatic carbocycles. The predicted molar refractivity (Wildman–Crippen MR) is 107 cm³/mol. The van der Waals surface area contributed by atoms with Crippen molar-refractivity contribution < 1.29 is 9.72 Å². The highest BCUT2D eigenvalue weighted by molar-refractivity contribution is 5.96. The van der Waals surface area contributed by atoms with E-state index in [-0.39, 0.29) is 11.3 Å². The molecule has 9 heteroatoms. The van der Waals surface area contributed by atoms with Crippen molar-refractivity contribution in [2.24, 2.45) is 0 Å². The van der Waals surface area contributed by atoms with Crippen LogP contribution in [0, 0.1) is 10.1 Å². The fourth-order valence-corrected chi connectivity index (χ4v) is 3.56.